The van der Waals surface area contributed by atoms with Crippen molar-refractivity contribution in [1.82, 2.24) is 4.90 Å². The Hall–Kier alpha value is -1.83. The monoisotopic (exact) mass is 288 g/mol. The van der Waals surface area contributed by atoms with E-state index in [1.807, 2.05) is 29.2 Å². The molecular formula is C17H24N2O2. The largest absolute Gasteiger partial charge is 0.383 e. The molecule has 1 rings (SSSR count). The molecule has 0 aliphatic carbocycles. The molecule has 0 radical (unpaired) electrons. The molecule has 0 saturated heterocycles. The number of carbonyl (C=O) groups is 1. The number of rotatable bonds is 6. The second kappa shape index (κ2) is 9.17. The van der Waals surface area contributed by atoms with Crippen LogP contribution in [0.5, 0.6) is 0 Å². The van der Waals surface area contributed by atoms with Crippen LogP contribution in [0.2, 0.25) is 0 Å². The smallest absolute Gasteiger partial charge is 0.253 e. The molecular weight excluding hydrogens is 264 g/mol. The fourth-order valence-electron chi connectivity index (χ4n) is 1.98. The molecule has 0 aliphatic rings. The highest BCUT2D eigenvalue weighted by Gasteiger charge is 2.16. The van der Waals surface area contributed by atoms with Crippen molar-refractivity contribution >= 4 is 5.91 Å². The third-order valence-electron chi connectivity index (χ3n) is 2.88. The summed E-state index contributed by atoms with van der Waals surface area (Å²) in [5, 5.41) is 0. The predicted octanol–water partition coefficient (Wildman–Crippen LogP) is 1.74. The lowest BCUT2D eigenvalue weighted by atomic mass is 10.1. The van der Waals surface area contributed by atoms with E-state index in [4.69, 9.17) is 10.5 Å². The summed E-state index contributed by atoms with van der Waals surface area (Å²) in [4.78, 5) is 14.4. The van der Waals surface area contributed by atoms with Crippen molar-refractivity contribution in [2.45, 2.75) is 13.8 Å². The topological polar surface area (TPSA) is 55.6 Å². The van der Waals surface area contributed by atoms with E-state index in [0.717, 1.165) is 5.56 Å². The van der Waals surface area contributed by atoms with Gasteiger partial charge in [-0.25, -0.2) is 0 Å². The van der Waals surface area contributed by atoms with E-state index in [0.29, 0.717) is 37.7 Å². The van der Waals surface area contributed by atoms with Crippen molar-refractivity contribution in [2.24, 2.45) is 11.7 Å². The number of ether oxygens (including phenoxy) is 1. The van der Waals surface area contributed by atoms with Gasteiger partial charge in [-0.2, -0.15) is 0 Å². The van der Waals surface area contributed by atoms with Crippen LogP contribution in [0.1, 0.15) is 29.8 Å². The molecule has 0 fully saturated rings. The fourth-order valence-corrected chi connectivity index (χ4v) is 1.98. The summed E-state index contributed by atoms with van der Waals surface area (Å²) in [5.41, 5.74) is 6.83. The molecule has 0 unspecified atom stereocenters. The van der Waals surface area contributed by atoms with Gasteiger partial charge in [-0.15, -0.1) is 0 Å². The first kappa shape index (κ1) is 17.2. The van der Waals surface area contributed by atoms with Gasteiger partial charge in [0.25, 0.3) is 5.91 Å². The lowest BCUT2D eigenvalue weighted by Crippen LogP contribution is -2.36. The maximum atomic E-state index is 12.6. The molecule has 0 aromatic heterocycles. The highest BCUT2D eigenvalue weighted by Crippen LogP contribution is 2.10. The van der Waals surface area contributed by atoms with Crippen LogP contribution in [-0.4, -0.2) is 44.2 Å². The van der Waals surface area contributed by atoms with Crippen molar-refractivity contribution in [1.29, 1.82) is 0 Å². The van der Waals surface area contributed by atoms with Gasteiger partial charge < -0.3 is 15.4 Å². The summed E-state index contributed by atoms with van der Waals surface area (Å²) >= 11 is 0. The number of nitrogens with zero attached hydrogens (tertiary/aromatic N) is 1. The number of nitrogens with two attached hydrogens (primary N) is 1. The van der Waals surface area contributed by atoms with Gasteiger partial charge in [-0.1, -0.05) is 31.8 Å². The number of hydrogen-bond donors (Lipinski definition) is 1. The van der Waals surface area contributed by atoms with Crippen molar-refractivity contribution in [3.8, 4) is 11.8 Å². The lowest BCUT2D eigenvalue weighted by molar-refractivity contribution is 0.0672. The first-order valence-corrected chi connectivity index (χ1v) is 7.15. The average molecular weight is 288 g/mol. The number of methoxy groups -OCH3 is 1. The summed E-state index contributed by atoms with van der Waals surface area (Å²) < 4.78 is 5.09. The van der Waals surface area contributed by atoms with Crippen LogP contribution in [-0.2, 0) is 4.74 Å². The molecule has 1 amide bonds. The second-order valence-corrected chi connectivity index (χ2v) is 5.22. The number of hydrogen-bond acceptors (Lipinski definition) is 3. The SMILES string of the molecule is COCCN(CC(C)C)C(=O)c1cccc(C#CCN)c1. The summed E-state index contributed by atoms with van der Waals surface area (Å²) in [6.45, 7) is 6.33. The van der Waals surface area contributed by atoms with Crippen molar-refractivity contribution < 1.29 is 9.53 Å². The van der Waals surface area contributed by atoms with Gasteiger partial charge in [0.2, 0.25) is 0 Å². The summed E-state index contributed by atoms with van der Waals surface area (Å²) in [6.07, 6.45) is 0. The Morgan fingerprint density at radius 1 is 1.43 bits per heavy atom. The molecule has 0 bridgehead atoms. The maximum Gasteiger partial charge on any atom is 0.253 e. The highest BCUT2D eigenvalue weighted by atomic mass is 16.5. The maximum absolute atomic E-state index is 12.6. The van der Waals surface area contributed by atoms with E-state index in [1.165, 1.54) is 0 Å². The molecule has 0 saturated carbocycles. The zero-order valence-electron chi connectivity index (χ0n) is 13.1. The molecule has 114 valence electrons. The van der Waals surface area contributed by atoms with Gasteiger partial charge in [0.05, 0.1) is 13.2 Å². The third kappa shape index (κ3) is 5.99. The van der Waals surface area contributed by atoms with Gasteiger partial charge >= 0.3 is 0 Å². The van der Waals surface area contributed by atoms with Gasteiger partial charge in [-0.05, 0) is 24.1 Å². The molecule has 0 spiro atoms. The van der Waals surface area contributed by atoms with Crippen molar-refractivity contribution in [3.05, 3.63) is 35.4 Å². The minimum absolute atomic E-state index is 0.0112. The number of amides is 1. The zero-order valence-corrected chi connectivity index (χ0v) is 13.1. The van der Waals surface area contributed by atoms with Crippen molar-refractivity contribution in [3.63, 3.8) is 0 Å². The minimum Gasteiger partial charge on any atom is -0.383 e. The number of benzene rings is 1. The molecule has 21 heavy (non-hydrogen) atoms. The Balaban J connectivity index is 2.91. The van der Waals surface area contributed by atoms with Crippen molar-refractivity contribution in [2.75, 3.05) is 33.4 Å². The predicted molar refractivity (Wildman–Crippen MR) is 85.0 cm³/mol. The molecule has 0 heterocycles. The Morgan fingerprint density at radius 3 is 2.81 bits per heavy atom. The summed E-state index contributed by atoms with van der Waals surface area (Å²) in [7, 11) is 1.64. The van der Waals surface area contributed by atoms with E-state index in [9.17, 15) is 4.79 Å². The van der Waals surface area contributed by atoms with Gasteiger partial charge in [-0.3, -0.25) is 4.79 Å². The molecule has 0 atom stereocenters. The normalized spacial score (nSPS) is 10.1. The van der Waals surface area contributed by atoms with Crippen LogP contribution in [0.15, 0.2) is 24.3 Å². The minimum atomic E-state index is 0.0112. The molecule has 1 aromatic rings. The Kier molecular flexibility index (Phi) is 7.52. The van der Waals surface area contributed by atoms with E-state index >= 15 is 0 Å². The van der Waals surface area contributed by atoms with Crippen LogP contribution < -0.4 is 5.73 Å². The van der Waals surface area contributed by atoms with E-state index in [1.54, 1.807) is 7.11 Å². The first-order valence-electron chi connectivity index (χ1n) is 7.15. The molecule has 1 aromatic carbocycles. The van der Waals surface area contributed by atoms with E-state index < -0.39 is 0 Å². The standard InChI is InChI=1S/C17H24N2O2/c1-14(2)13-19(10-11-21-3)17(20)16-8-4-6-15(12-16)7-5-9-18/h4,6,8,12,14H,9-11,13,18H2,1-3H3. The first-order chi connectivity index (χ1) is 10.1. The van der Waals surface area contributed by atoms with Gasteiger partial charge in [0, 0.05) is 31.3 Å². The third-order valence-corrected chi connectivity index (χ3v) is 2.88. The second-order valence-electron chi connectivity index (χ2n) is 5.22. The zero-order chi connectivity index (χ0) is 15.7. The lowest BCUT2D eigenvalue weighted by Gasteiger charge is -2.24. The molecule has 4 heteroatoms. The Bertz CT molecular complexity index is 515. The number of carbonyl (C=O) groups excluding carboxylic acids is 1. The Labute approximate surface area is 127 Å². The van der Waals surface area contributed by atoms with Crippen LogP contribution >= 0.6 is 0 Å². The van der Waals surface area contributed by atoms with E-state index in [-0.39, 0.29) is 5.91 Å². The summed E-state index contributed by atoms with van der Waals surface area (Å²) in [5.74, 6) is 6.17. The van der Waals surface area contributed by atoms with E-state index in [2.05, 4.69) is 25.7 Å². The highest BCUT2D eigenvalue weighted by molar-refractivity contribution is 5.94. The van der Waals surface area contributed by atoms with Crippen LogP contribution in [0.3, 0.4) is 0 Å². The van der Waals surface area contributed by atoms with Crippen LogP contribution in [0.4, 0.5) is 0 Å². The quantitative estimate of drug-likeness (QED) is 0.811. The van der Waals surface area contributed by atoms with Crippen LogP contribution in [0, 0.1) is 17.8 Å². The molecule has 4 nitrogen and oxygen atoms in total. The van der Waals surface area contributed by atoms with Gasteiger partial charge in [0.15, 0.2) is 0 Å². The average Bonchev–Trinajstić information content (AvgIpc) is 2.48. The Morgan fingerprint density at radius 2 is 2.19 bits per heavy atom. The van der Waals surface area contributed by atoms with Crippen LogP contribution in [0.25, 0.3) is 0 Å². The fraction of sp³-hybridized carbons (Fsp3) is 0.471. The molecule has 0 aliphatic heterocycles. The van der Waals surface area contributed by atoms with Gasteiger partial charge in [0.1, 0.15) is 0 Å². The molecule has 2 N–H and O–H groups in total. The summed E-state index contributed by atoms with van der Waals surface area (Å²) in [6, 6.07) is 7.35.